The molecule has 32 heavy (non-hydrogen) atoms. The van der Waals surface area contributed by atoms with E-state index in [-0.39, 0.29) is 24.5 Å². The van der Waals surface area contributed by atoms with Crippen LogP contribution in [-0.4, -0.2) is 32.2 Å². The highest BCUT2D eigenvalue weighted by atomic mass is 19.4. The molecule has 3 heterocycles. The number of imidazole rings is 1. The molecule has 0 fully saturated rings. The van der Waals surface area contributed by atoms with Crippen molar-refractivity contribution in [1.29, 1.82) is 0 Å². The summed E-state index contributed by atoms with van der Waals surface area (Å²) < 4.78 is 50.4. The first-order valence-electron chi connectivity index (χ1n) is 9.38. The standard InChI is InChI=1S/C21H15F3N4O4/c22-21(23,24)18-8-7-15(9-25-18)4-1-14-2-5-16(6-3-14)12-31-17-10-27-11-19(28(29)30)26-20(27)32-13-17/h2-3,5-9,11,17H,10,12-13H2/t17-/m0/s1. The molecule has 164 valence electrons. The van der Waals surface area contributed by atoms with Crippen LogP contribution in [0, 0.1) is 22.0 Å². The van der Waals surface area contributed by atoms with Crippen molar-refractivity contribution in [2.24, 2.45) is 0 Å². The van der Waals surface area contributed by atoms with E-state index in [0.29, 0.717) is 24.3 Å². The molecule has 0 N–H and O–H groups in total. The molecule has 1 atom stereocenters. The van der Waals surface area contributed by atoms with Gasteiger partial charge in [-0.25, -0.2) is 0 Å². The molecule has 1 aliphatic rings. The van der Waals surface area contributed by atoms with Gasteiger partial charge in [0.15, 0.2) is 0 Å². The highest BCUT2D eigenvalue weighted by Gasteiger charge is 2.32. The molecule has 0 amide bonds. The molecular weight excluding hydrogens is 429 g/mol. The summed E-state index contributed by atoms with van der Waals surface area (Å²) in [6, 6.07) is 9.57. The van der Waals surface area contributed by atoms with E-state index in [9.17, 15) is 23.3 Å². The Labute approximate surface area is 179 Å². The van der Waals surface area contributed by atoms with Gasteiger partial charge in [0.25, 0.3) is 0 Å². The smallest absolute Gasteiger partial charge is 0.433 e. The van der Waals surface area contributed by atoms with Crippen molar-refractivity contribution in [3.05, 3.63) is 81.3 Å². The molecule has 0 saturated heterocycles. The summed E-state index contributed by atoms with van der Waals surface area (Å²) in [7, 11) is 0. The van der Waals surface area contributed by atoms with Crippen LogP contribution >= 0.6 is 0 Å². The minimum Gasteiger partial charge on any atom is -0.443 e. The van der Waals surface area contributed by atoms with Gasteiger partial charge in [-0.3, -0.25) is 9.55 Å². The number of benzene rings is 1. The van der Waals surface area contributed by atoms with Crippen LogP contribution in [0.15, 0.2) is 48.8 Å². The number of hydrogen-bond donors (Lipinski definition) is 0. The topological polar surface area (TPSA) is 92.3 Å². The maximum Gasteiger partial charge on any atom is 0.433 e. The second-order valence-corrected chi connectivity index (χ2v) is 6.91. The normalized spacial score (nSPS) is 15.3. The van der Waals surface area contributed by atoms with Crippen LogP contribution in [0.5, 0.6) is 6.01 Å². The van der Waals surface area contributed by atoms with Gasteiger partial charge in [-0.15, -0.1) is 0 Å². The molecule has 11 heteroatoms. The lowest BCUT2D eigenvalue weighted by Gasteiger charge is -2.22. The highest BCUT2D eigenvalue weighted by molar-refractivity contribution is 5.42. The molecular formula is C21H15F3N4O4. The number of nitrogens with zero attached hydrogens (tertiary/aromatic N) is 4. The van der Waals surface area contributed by atoms with Gasteiger partial charge in [0, 0.05) is 22.3 Å². The van der Waals surface area contributed by atoms with E-state index in [2.05, 4.69) is 21.8 Å². The van der Waals surface area contributed by atoms with E-state index in [1.165, 1.54) is 12.3 Å². The quantitative estimate of drug-likeness (QED) is 0.347. The van der Waals surface area contributed by atoms with Crippen LogP contribution in [0.2, 0.25) is 0 Å². The predicted octanol–water partition coefficient (Wildman–Crippen LogP) is 3.58. The third-order valence-electron chi connectivity index (χ3n) is 4.56. The monoisotopic (exact) mass is 444 g/mol. The van der Waals surface area contributed by atoms with Crippen molar-refractivity contribution in [1.82, 2.24) is 14.5 Å². The highest BCUT2D eigenvalue weighted by Crippen LogP contribution is 2.27. The van der Waals surface area contributed by atoms with E-state index in [1.807, 2.05) is 12.1 Å². The number of halogens is 3. The van der Waals surface area contributed by atoms with Crippen molar-refractivity contribution in [3.63, 3.8) is 0 Å². The van der Waals surface area contributed by atoms with Crippen LogP contribution in [0.25, 0.3) is 0 Å². The third-order valence-corrected chi connectivity index (χ3v) is 4.56. The summed E-state index contributed by atoms with van der Waals surface area (Å²) in [6.45, 7) is 0.927. The Bertz CT molecular complexity index is 1180. The van der Waals surface area contributed by atoms with E-state index < -0.39 is 16.8 Å². The van der Waals surface area contributed by atoms with Crippen LogP contribution in [0.4, 0.5) is 19.0 Å². The van der Waals surface area contributed by atoms with Gasteiger partial charge in [0.2, 0.25) is 0 Å². The molecule has 0 saturated carbocycles. The molecule has 0 radical (unpaired) electrons. The Morgan fingerprint density at radius 2 is 1.91 bits per heavy atom. The summed E-state index contributed by atoms with van der Waals surface area (Å²) in [4.78, 5) is 17.4. The van der Waals surface area contributed by atoms with Crippen molar-refractivity contribution < 1.29 is 27.6 Å². The minimum absolute atomic E-state index is 0.197. The number of ether oxygens (including phenoxy) is 2. The Kier molecular flexibility index (Phi) is 5.79. The maximum absolute atomic E-state index is 12.5. The molecule has 3 aromatic rings. The largest absolute Gasteiger partial charge is 0.443 e. The fraction of sp³-hybridized carbons (Fsp3) is 0.238. The summed E-state index contributed by atoms with van der Waals surface area (Å²) in [5, 5.41) is 10.8. The van der Waals surface area contributed by atoms with Gasteiger partial charge in [-0.2, -0.15) is 13.2 Å². The maximum atomic E-state index is 12.5. The van der Waals surface area contributed by atoms with Gasteiger partial charge < -0.3 is 19.6 Å². The molecule has 2 aromatic heterocycles. The average Bonchev–Trinajstić information content (AvgIpc) is 3.20. The number of fused-ring (bicyclic) bond motifs is 1. The number of rotatable bonds is 4. The summed E-state index contributed by atoms with van der Waals surface area (Å²) in [5.74, 6) is 5.38. The van der Waals surface area contributed by atoms with Crippen LogP contribution in [0.1, 0.15) is 22.4 Å². The molecule has 0 spiro atoms. The van der Waals surface area contributed by atoms with Crippen molar-refractivity contribution in [2.75, 3.05) is 6.61 Å². The SMILES string of the molecule is O=[N+]([O-])c1cn2c(n1)OC[C@@H](OCc1ccc(C#Cc3ccc(C(F)(F)F)nc3)cc1)C2. The second-order valence-electron chi connectivity index (χ2n) is 6.91. The Morgan fingerprint density at radius 3 is 2.56 bits per heavy atom. The molecule has 8 nitrogen and oxygen atoms in total. The Balaban J connectivity index is 1.32. The lowest BCUT2D eigenvalue weighted by molar-refractivity contribution is -0.389. The first-order chi connectivity index (χ1) is 15.3. The lowest BCUT2D eigenvalue weighted by atomic mass is 10.1. The van der Waals surface area contributed by atoms with E-state index in [1.54, 1.807) is 16.7 Å². The summed E-state index contributed by atoms with van der Waals surface area (Å²) in [6.07, 6.45) is -2.37. The van der Waals surface area contributed by atoms with Crippen LogP contribution in [0.3, 0.4) is 0 Å². The van der Waals surface area contributed by atoms with Gasteiger partial charge in [0.1, 0.15) is 24.6 Å². The Hall–Kier alpha value is -3.91. The molecule has 4 rings (SSSR count). The Morgan fingerprint density at radius 1 is 1.19 bits per heavy atom. The zero-order valence-corrected chi connectivity index (χ0v) is 16.4. The molecule has 0 bridgehead atoms. The predicted molar refractivity (Wildman–Crippen MR) is 105 cm³/mol. The van der Waals surface area contributed by atoms with Gasteiger partial charge in [-0.1, -0.05) is 24.0 Å². The van der Waals surface area contributed by atoms with E-state index in [0.717, 1.165) is 17.8 Å². The van der Waals surface area contributed by atoms with Gasteiger partial charge in [-0.05, 0) is 34.8 Å². The fourth-order valence-corrected chi connectivity index (χ4v) is 2.94. The van der Waals surface area contributed by atoms with Crippen molar-refractivity contribution in [3.8, 4) is 17.9 Å². The van der Waals surface area contributed by atoms with Crippen molar-refractivity contribution >= 4 is 5.82 Å². The van der Waals surface area contributed by atoms with Crippen molar-refractivity contribution in [2.45, 2.75) is 25.4 Å². The first-order valence-corrected chi connectivity index (χ1v) is 9.38. The number of hydrogen-bond acceptors (Lipinski definition) is 6. The average molecular weight is 444 g/mol. The number of pyridine rings is 1. The molecule has 1 aliphatic heterocycles. The number of aromatic nitrogens is 3. The van der Waals surface area contributed by atoms with Crippen LogP contribution < -0.4 is 4.74 Å². The number of alkyl halides is 3. The number of nitro groups is 1. The zero-order valence-electron chi connectivity index (χ0n) is 16.4. The summed E-state index contributed by atoms with van der Waals surface area (Å²) >= 11 is 0. The third kappa shape index (κ3) is 5.04. The molecule has 1 aromatic carbocycles. The zero-order chi connectivity index (χ0) is 22.7. The molecule has 0 aliphatic carbocycles. The van der Waals surface area contributed by atoms with Gasteiger partial charge >= 0.3 is 18.0 Å². The van der Waals surface area contributed by atoms with E-state index in [4.69, 9.17) is 9.47 Å². The lowest BCUT2D eigenvalue weighted by Crippen LogP contribution is -2.32. The second kappa shape index (κ2) is 8.68. The van der Waals surface area contributed by atoms with Gasteiger partial charge in [0.05, 0.1) is 13.2 Å². The fourth-order valence-electron chi connectivity index (χ4n) is 2.94. The minimum atomic E-state index is -4.48. The van der Waals surface area contributed by atoms with E-state index >= 15 is 0 Å². The summed E-state index contributed by atoms with van der Waals surface area (Å²) in [5.41, 5.74) is 0.985. The first kappa shape index (κ1) is 21.3. The van der Waals surface area contributed by atoms with Crippen LogP contribution in [-0.2, 0) is 24.1 Å². The molecule has 0 unspecified atom stereocenters.